The standard InChI is InChI=1S/C22H24Cl2N2O3S/c1-30(28,29)26(13-18-19(23)3-2-4-20(18)24)17-9-7-15(8-10-17)22(27)25-21-12-14-5-6-16(21)11-14/h2-4,7-10,14,16,21H,5-6,11-13H2,1H3,(H,25,27)/t14-,16-,21+/m0/s1. The Balaban J connectivity index is 1.52. The first-order chi connectivity index (χ1) is 14.2. The van der Waals surface area contributed by atoms with Gasteiger partial charge in [-0.2, -0.15) is 0 Å². The zero-order chi connectivity index (χ0) is 21.5. The van der Waals surface area contributed by atoms with E-state index in [1.807, 2.05) is 0 Å². The number of fused-ring (bicyclic) bond motifs is 2. The number of hydrogen-bond acceptors (Lipinski definition) is 3. The summed E-state index contributed by atoms with van der Waals surface area (Å²) >= 11 is 12.5. The predicted octanol–water partition coefficient (Wildman–Crippen LogP) is 4.88. The van der Waals surface area contributed by atoms with Crippen LogP contribution in [-0.4, -0.2) is 26.6 Å². The van der Waals surface area contributed by atoms with Gasteiger partial charge < -0.3 is 5.32 Å². The molecular formula is C22H24Cl2N2O3S. The van der Waals surface area contributed by atoms with Crippen molar-refractivity contribution in [3.8, 4) is 0 Å². The van der Waals surface area contributed by atoms with Crippen LogP contribution in [0.2, 0.25) is 10.0 Å². The number of benzene rings is 2. The minimum absolute atomic E-state index is 0.00796. The third kappa shape index (κ3) is 4.46. The van der Waals surface area contributed by atoms with Gasteiger partial charge in [-0.25, -0.2) is 8.42 Å². The Kier molecular flexibility index (Phi) is 6.02. The summed E-state index contributed by atoms with van der Waals surface area (Å²) in [4.78, 5) is 12.7. The van der Waals surface area contributed by atoms with E-state index in [1.54, 1.807) is 42.5 Å². The molecule has 2 saturated carbocycles. The zero-order valence-electron chi connectivity index (χ0n) is 16.6. The number of hydrogen-bond donors (Lipinski definition) is 1. The molecule has 0 saturated heterocycles. The van der Waals surface area contributed by atoms with Gasteiger partial charge in [0.15, 0.2) is 0 Å². The number of carbonyl (C=O) groups excluding carboxylic acids is 1. The second-order valence-electron chi connectivity index (χ2n) is 8.27. The van der Waals surface area contributed by atoms with Crippen LogP contribution in [0.3, 0.4) is 0 Å². The van der Waals surface area contributed by atoms with E-state index in [0.29, 0.717) is 32.8 Å². The van der Waals surface area contributed by atoms with Crippen molar-refractivity contribution in [1.82, 2.24) is 5.32 Å². The fourth-order valence-electron chi connectivity index (χ4n) is 4.68. The van der Waals surface area contributed by atoms with E-state index in [-0.39, 0.29) is 18.5 Å². The number of anilines is 1. The van der Waals surface area contributed by atoms with Gasteiger partial charge in [-0.15, -0.1) is 0 Å². The number of halogens is 2. The van der Waals surface area contributed by atoms with Crippen LogP contribution in [0.4, 0.5) is 5.69 Å². The lowest BCUT2D eigenvalue weighted by Crippen LogP contribution is -2.38. The lowest BCUT2D eigenvalue weighted by atomic mass is 9.95. The Morgan fingerprint density at radius 2 is 1.73 bits per heavy atom. The summed E-state index contributed by atoms with van der Waals surface area (Å²) in [6.07, 6.45) is 5.89. The number of nitrogens with zero attached hydrogens (tertiary/aromatic N) is 1. The monoisotopic (exact) mass is 466 g/mol. The van der Waals surface area contributed by atoms with Crippen molar-refractivity contribution >= 4 is 44.8 Å². The molecule has 2 aromatic rings. The summed E-state index contributed by atoms with van der Waals surface area (Å²) in [7, 11) is -3.59. The van der Waals surface area contributed by atoms with Crippen LogP contribution in [0.15, 0.2) is 42.5 Å². The summed E-state index contributed by atoms with van der Waals surface area (Å²) in [5.41, 5.74) is 1.50. The van der Waals surface area contributed by atoms with Crippen molar-refractivity contribution in [2.24, 2.45) is 11.8 Å². The third-order valence-corrected chi connectivity index (χ3v) is 8.08. The molecule has 2 aliphatic carbocycles. The maximum absolute atomic E-state index is 12.7. The highest BCUT2D eigenvalue weighted by Gasteiger charge is 2.40. The molecule has 2 bridgehead atoms. The van der Waals surface area contributed by atoms with E-state index in [4.69, 9.17) is 23.2 Å². The molecule has 2 fully saturated rings. The Labute approximate surface area is 187 Å². The molecule has 0 heterocycles. The highest BCUT2D eigenvalue weighted by Crippen LogP contribution is 2.44. The highest BCUT2D eigenvalue weighted by molar-refractivity contribution is 7.92. The van der Waals surface area contributed by atoms with Crippen LogP contribution in [0.1, 0.15) is 41.6 Å². The van der Waals surface area contributed by atoms with Crippen molar-refractivity contribution in [2.75, 3.05) is 10.6 Å². The normalized spacial score (nSPS) is 22.8. The number of rotatable bonds is 6. The maximum Gasteiger partial charge on any atom is 0.251 e. The Hall–Kier alpha value is -1.76. The topological polar surface area (TPSA) is 66.5 Å². The van der Waals surface area contributed by atoms with Gasteiger partial charge in [0.25, 0.3) is 5.91 Å². The smallest absolute Gasteiger partial charge is 0.251 e. The van der Waals surface area contributed by atoms with E-state index in [1.165, 1.54) is 23.6 Å². The van der Waals surface area contributed by atoms with Crippen molar-refractivity contribution in [3.63, 3.8) is 0 Å². The number of sulfonamides is 1. The molecule has 4 rings (SSSR count). The highest BCUT2D eigenvalue weighted by atomic mass is 35.5. The average molecular weight is 467 g/mol. The molecule has 2 aliphatic rings. The van der Waals surface area contributed by atoms with Crippen molar-refractivity contribution in [2.45, 2.75) is 38.3 Å². The minimum atomic E-state index is -3.59. The first kappa shape index (κ1) is 21.5. The van der Waals surface area contributed by atoms with Crippen LogP contribution >= 0.6 is 23.2 Å². The van der Waals surface area contributed by atoms with E-state index in [2.05, 4.69) is 5.32 Å². The molecule has 8 heteroatoms. The maximum atomic E-state index is 12.7. The average Bonchev–Trinajstić information content (AvgIpc) is 3.30. The molecule has 2 aromatic carbocycles. The van der Waals surface area contributed by atoms with Crippen LogP contribution in [-0.2, 0) is 16.6 Å². The molecule has 1 N–H and O–H groups in total. The number of nitrogens with one attached hydrogen (secondary N) is 1. The molecule has 0 radical (unpaired) electrons. The fourth-order valence-corrected chi connectivity index (χ4v) is 6.06. The minimum Gasteiger partial charge on any atom is -0.349 e. The van der Waals surface area contributed by atoms with E-state index >= 15 is 0 Å². The SMILES string of the molecule is CS(=O)(=O)N(Cc1c(Cl)cccc1Cl)c1ccc(C(=O)N[C@@H]2C[C@H]3CC[C@H]2C3)cc1. The van der Waals surface area contributed by atoms with Gasteiger partial charge in [0.1, 0.15) is 0 Å². The van der Waals surface area contributed by atoms with Crippen LogP contribution in [0.25, 0.3) is 0 Å². The van der Waals surface area contributed by atoms with E-state index < -0.39 is 10.0 Å². The molecular weight excluding hydrogens is 443 g/mol. The van der Waals surface area contributed by atoms with Gasteiger partial charge in [-0.3, -0.25) is 9.10 Å². The number of amides is 1. The zero-order valence-corrected chi connectivity index (χ0v) is 19.0. The molecule has 0 aliphatic heterocycles. The second-order valence-corrected chi connectivity index (χ2v) is 11.0. The van der Waals surface area contributed by atoms with Crippen molar-refractivity contribution < 1.29 is 13.2 Å². The fraction of sp³-hybridized carbons (Fsp3) is 0.409. The van der Waals surface area contributed by atoms with Crippen molar-refractivity contribution in [1.29, 1.82) is 0 Å². The predicted molar refractivity (Wildman–Crippen MR) is 121 cm³/mol. The van der Waals surface area contributed by atoms with Gasteiger partial charge in [-0.05, 0) is 67.5 Å². The van der Waals surface area contributed by atoms with Crippen LogP contribution in [0, 0.1) is 11.8 Å². The van der Waals surface area contributed by atoms with Crippen molar-refractivity contribution in [3.05, 3.63) is 63.6 Å². The van der Waals surface area contributed by atoms with Gasteiger partial charge in [-0.1, -0.05) is 35.7 Å². The summed E-state index contributed by atoms with van der Waals surface area (Å²) < 4.78 is 26.1. The lowest BCUT2D eigenvalue weighted by Gasteiger charge is -2.24. The quantitative estimate of drug-likeness (QED) is 0.659. The van der Waals surface area contributed by atoms with E-state index in [0.717, 1.165) is 18.6 Å². The van der Waals surface area contributed by atoms with Gasteiger partial charge in [0.2, 0.25) is 10.0 Å². The lowest BCUT2D eigenvalue weighted by molar-refractivity contribution is 0.0923. The first-order valence-corrected chi connectivity index (χ1v) is 12.6. The molecule has 0 spiro atoms. The molecule has 30 heavy (non-hydrogen) atoms. The Morgan fingerprint density at radius 3 is 2.27 bits per heavy atom. The number of carbonyl (C=O) groups is 1. The Bertz CT molecular complexity index is 1040. The molecule has 0 unspecified atom stereocenters. The molecule has 1 amide bonds. The van der Waals surface area contributed by atoms with Gasteiger partial charge in [0, 0.05) is 27.2 Å². The summed E-state index contributed by atoms with van der Waals surface area (Å²) in [5, 5.41) is 3.96. The second kappa shape index (κ2) is 8.40. The Morgan fingerprint density at radius 1 is 1.07 bits per heavy atom. The van der Waals surface area contributed by atoms with Crippen LogP contribution in [0.5, 0.6) is 0 Å². The van der Waals surface area contributed by atoms with Gasteiger partial charge >= 0.3 is 0 Å². The summed E-state index contributed by atoms with van der Waals surface area (Å²) in [5.74, 6) is 1.24. The van der Waals surface area contributed by atoms with Gasteiger partial charge in [0.05, 0.1) is 18.5 Å². The third-order valence-electron chi connectivity index (χ3n) is 6.24. The largest absolute Gasteiger partial charge is 0.349 e. The summed E-state index contributed by atoms with van der Waals surface area (Å²) in [6.45, 7) is 0.00796. The molecule has 0 aromatic heterocycles. The molecule has 160 valence electrons. The first-order valence-electron chi connectivity index (χ1n) is 10.0. The summed E-state index contributed by atoms with van der Waals surface area (Å²) in [6, 6.07) is 11.9. The molecule has 3 atom stereocenters. The van der Waals surface area contributed by atoms with E-state index in [9.17, 15) is 13.2 Å². The molecule has 5 nitrogen and oxygen atoms in total. The van der Waals surface area contributed by atoms with Crippen LogP contribution < -0.4 is 9.62 Å².